The van der Waals surface area contributed by atoms with E-state index in [-0.39, 0.29) is 5.78 Å². The van der Waals surface area contributed by atoms with E-state index in [0.29, 0.717) is 21.8 Å². The van der Waals surface area contributed by atoms with E-state index in [1.807, 2.05) is 0 Å². The molecular formula is C20H18ClN3O4. The molecule has 3 rings (SSSR count). The molecule has 1 heterocycles. The average molecular weight is 400 g/mol. The second-order valence-corrected chi connectivity index (χ2v) is 6.98. The van der Waals surface area contributed by atoms with Crippen molar-refractivity contribution < 1.29 is 19.2 Å². The van der Waals surface area contributed by atoms with Gasteiger partial charge in [-0.15, -0.1) is 0 Å². The van der Waals surface area contributed by atoms with Gasteiger partial charge in [0.2, 0.25) is 5.91 Å². The Morgan fingerprint density at radius 1 is 1.11 bits per heavy atom. The number of carbonyl (C=O) groups is 4. The van der Waals surface area contributed by atoms with Gasteiger partial charge in [0.05, 0.1) is 5.69 Å². The first-order valence-corrected chi connectivity index (χ1v) is 8.91. The first kappa shape index (κ1) is 19.6. The zero-order chi connectivity index (χ0) is 20.5. The monoisotopic (exact) mass is 399 g/mol. The van der Waals surface area contributed by atoms with E-state index in [0.717, 1.165) is 4.90 Å². The third-order valence-corrected chi connectivity index (χ3v) is 4.90. The molecule has 1 atom stereocenters. The quantitative estimate of drug-likeness (QED) is 0.596. The Balaban J connectivity index is 1.79. The van der Waals surface area contributed by atoms with Crippen LogP contribution in [0.25, 0.3) is 0 Å². The molecule has 7 nitrogen and oxygen atoms in total. The predicted molar refractivity (Wildman–Crippen MR) is 104 cm³/mol. The number of amides is 4. The minimum absolute atomic E-state index is 0.211. The van der Waals surface area contributed by atoms with E-state index < -0.39 is 29.9 Å². The van der Waals surface area contributed by atoms with Crippen molar-refractivity contribution >= 4 is 40.9 Å². The van der Waals surface area contributed by atoms with Gasteiger partial charge in [0, 0.05) is 16.1 Å². The summed E-state index contributed by atoms with van der Waals surface area (Å²) in [6.45, 7) is 2.44. The summed E-state index contributed by atoms with van der Waals surface area (Å²) in [5.41, 5.74) is -0.262. The fraction of sp³-hybridized carbons (Fsp3) is 0.200. The van der Waals surface area contributed by atoms with Gasteiger partial charge < -0.3 is 10.6 Å². The topological polar surface area (TPSA) is 95.6 Å². The molecule has 1 unspecified atom stereocenters. The van der Waals surface area contributed by atoms with E-state index in [1.165, 1.54) is 13.8 Å². The first-order valence-electron chi connectivity index (χ1n) is 8.53. The minimum Gasteiger partial charge on any atom is -0.324 e. The van der Waals surface area contributed by atoms with Crippen molar-refractivity contribution in [2.45, 2.75) is 19.4 Å². The Bertz CT molecular complexity index is 991. The molecule has 1 fully saturated rings. The number of halogens is 1. The molecule has 0 bridgehead atoms. The fourth-order valence-electron chi connectivity index (χ4n) is 3.12. The molecule has 28 heavy (non-hydrogen) atoms. The van der Waals surface area contributed by atoms with Gasteiger partial charge in [-0.2, -0.15) is 0 Å². The van der Waals surface area contributed by atoms with Crippen molar-refractivity contribution in [2.75, 3.05) is 11.9 Å². The van der Waals surface area contributed by atoms with E-state index in [4.69, 9.17) is 11.6 Å². The Morgan fingerprint density at radius 3 is 2.43 bits per heavy atom. The molecule has 0 aromatic heterocycles. The van der Waals surface area contributed by atoms with Gasteiger partial charge in [0.15, 0.2) is 5.78 Å². The van der Waals surface area contributed by atoms with Crippen LogP contribution in [0.2, 0.25) is 5.02 Å². The van der Waals surface area contributed by atoms with Crippen LogP contribution >= 0.6 is 11.6 Å². The van der Waals surface area contributed by atoms with Crippen LogP contribution in [0.5, 0.6) is 0 Å². The first-order chi connectivity index (χ1) is 13.2. The van der Waals surface area contributed by atoms with Gasteiger partial charge in [-0.25, -0.2) is 4.79 Å². The third-order valence-electron chi connectivity index (χ3n) is 4.57. The van der Waals surface area contributed by atoms with Gasteiger partial charge in [0.25, 0.3) is 5.91 Å². The van der Waals surface area contributed by atoms with Crippen molar-refractivity contribution in [2.24, 2.45) is 0 Å². The van der Waals surface area contributed by atoms with Crippen LogP contribution in [0.15, 0.2) is 48.5 Å². The number of ketones is 1. The number of nitrogens with zero attached hydrogens (tertiary/aromatic N) is 1. The second-order valence-electron chi connectivity index (χ2n) is 6.58. The molecule has 8 heteroatoms. The summed E-state index contributed by atoms with van der Waals surface area (Å²) in [6, 6.07) is 12.5. The molecule has 1 saturated heterocycles. The van der Waals surface area contributed by atoms with Crippen molar-refractivity contribution in [1.82, 2.24) is 10.2 Å². The highest BCUT2D eigenvalue weighted by Crippen LogP contribution is 2.33. The van der Waals surface area contributed by atoms with Gasteiger partial charge in [0.1, 0.15) is 12.1 Å². The molecular weight excluding hydrogens is 382 g/mol. The number of hydrogen-bond donors (Lipinski definition) is 2. The molecule has 0 spiro atoms. The predicted octanol–water partition coefficient (Wildman–Crippen LogP) is 2.95. The number of Topliss-reactive ketones (excluding diaryl/α,β-unsaturated/α-hetero) is 1. The largest absolute Gasteiger partial charge is 0.325 e. The Hall–Kier alpha value is -3.19. The van der Waals surface area contributed by atoms with Gasteiger partial charge in [-0.3, -0.25) is 19.3 Å². The Morgan fingerprint density at radius 2 is 1.75 bits per heavy atom. The van der Waals surface area contributed by atoms with Gasteiger partial charge in [-0.05, 0) is 32.0 Å². The van der Waals surface area contributed by atoms with Crippen LogP contribution in [0.1, 0.15) is 29.8 Å². The number of para-hydroxylation sites is 1. The lowest BCUT2D eigenvalue weighted by molar-refractivity contribution is -0.133. The van der Waals surface area contributed by atoms with E-state index in [9.17, 15) is 19.2 Å². The highest BCUT2D eigenvalue weighted by atomic mass is 35.5. The number of imide groups is 1. The highest BCUT2D eigenvalue weighted by Gasteiger charge is 2.50. The summed E-state index contributed by atoms with van der Waals surface area (Å²) < 4.78 is 0. The molecule has 0 saturated carbocycles. The Kier molecular flexibility index (Phi) is 5.20. The molecule has 0 radical (unpaired) electrons. The maximum absolute atomic E-state index is 12.9. The third kappa shape index (κ3) is 3.48. The van der Waals surface area contributed by atoms with E-state index >= 15 is 0 Å². The normalized spacial score (nSPS) is 18.8. The molecule has 0 aliphatic carbocycles. The number of hydrogen-bond acceptors (Lipinski definition) is 4. The van der Waals surface area contributed by atoms with Gasteiger partial charge in [-0.1, -0.05) is 41.9 Å². The molecule has 1 aliphatic heterocycles. The number of anilines is 1. The summed E-state index contributed by atoms with van der Waals surface area (Å²) >= 11 is 6.18. The van der Waals surface area contributed by atoms with Crippen LogP contribution in [0.3, 0.4) is 0 Å². The van der Waals surface area contributed by atoms with E-state index in [1.54, 1.807) is 48.5 Å². The Labute approximate surface area is 166 Å². The van der Waals surface area contributed by atoms with E-state index in [2.05, 4.69) is 10.6 Å². The van der Waals surface area contributed by atoms with Crippen LogP contribution in [-0.4, -0.2) is 35.1 Å². The zero-order valence-electron chi connectivity index (χ0n) is 15.3. The molecule has 4 amide bonds. The van der Waals surface area contributed by atoms with Crippen molar-refractivity contribution in [3.05, 3.63) is 64.7 Å². The standard InChI is InChI=1S/C20H18ClN3O4/c1-12(25)13-7-3-6-10-16(13)22-17(26)11-24-18(27)20(2,23-19(24)28)14-8-4-5-9-15(14)21/h3-10H,11H2,1-2H3,(H,22,26)(H,23,28). The summed E-state index contributed by atoms with van der Waals surface area (Å²) in [5.74, 6) is -1.39. The second kappa shape index (κ2) is 7.44. The SMILES string of the molecule is CC(=O)c1ccccc1NC(=O)CN1C(=O)NC(C)(c2ccccc2Cl)C1=O. The summed E-state index contributed by atoms with van der Waals surface area (Å²) in [6.07, 6.45) is 0. The fourth-order valence-corrected chi connectivity index (χ4v) is 3.45. The average Bonchev–Trinajstić information content (AvgIpc) is 2.86. The van der Waals surface area contributed by atoms with Crippen LogP contribution in [0.4, 0.5) is 10.5 Å². The van der Waals surface area contributed by atoms with Crippen molar-refractivity contribution in [3.63, 3.8) is 0 Å². The maximum Gasteiger partial charge on any atom is 0.325 e. The van der Waals surface area contributed by atoms with Crippen LogP contribution in [-0.2, 0) is 15.1 Å². The maximum atomic E-state index is 12.9. The lowest BCUT2D eigenvalue weighted by Gasteiger charge is -2.23. The molecule has 144 valence electrons. The molecule has 2 aromatic carbocycles. The number of urea groups is 1. The number of carbonyl (C=O) groups excluding carboxylic acids is 4. The number of benzene rings is 2. The molecule has 1 aliphatic rings. The highest BCUT2D eigenvalue weighted by molar-refractivity contribution is 6.32. The number of nitrogens with one attached hydrogen (secondary N) is 2. The lowest BCUT2D eigenvalue weighted by Crippen LogP contribution is -2.42. The van der Waals surface area contributed by atoms with Crippen molar-refractivity contribution in [3.8, 4) is 0 Å². The summed E-state index contributed by atoms with van der Waals surface area (Å²) in [4.78, 5) is 50.2. The summed E-state index contributed by atoms with van der Waals surface area (Å²) in [5, 5.41) is 5.52. The minimum atomic E-state index is -1.37. The molecule has 2 aromatic rings. The smallest absolute Gasteiger partial charge is 0.324 e. The summed E-state index contributed by atoms with van der Waals surface area (Å²) in [7, 11) is 0. The number of rotatable bonds is 5. The van der Waals surface area contributed by atoms with Crippen LogP contribution < -0.4 is 10.6 Å². The zero-order valence-corrected chi connectivity index (χ0v) is 16.0. The van der Waals surface area contributed by atoms with Crippen molar-refractivity contribution in [1.29, 1.82) is 0 Å². The van der Waals surface area contributed by atoms with Gasteiger partial charge >= 0.3 is 6.03 Å². The lowest BCUT2D eigenvalue weighted by atomic mass is 9.92. The molecule has 2 N–H and O–H groups in total. The van der Waals surface area contributed by atoms with Crippen LogP contribution in [0, 0.1) is 0 Å².